The molecule has 1 aliphatic heterocycles. The number of aromatic nitrogens is 1. The molecule has 0 bridgehead atoms. The predicted octanol–water partition coefficient (Wildman–Crippen LogP) is 5.25. The number of hydrogen-bond acceptors (Lipinski definition) is 1. The standard InChI is InChI=1S/C20H27ClN2/c1-22-11-10-20-18(14-22)17-13-16(21)7-8-19(17)23(20)12-9-15-5-3-2-4-6-15/h7-8,13,15H,2-6,9-12,14H2,1H3. The van der Waals surface area contributed by atoms with Gasteiger partial charge in [0, 0.05) is 47.7 Å². The molecule has 2 aromatic rings. The number of hydrogen-bond donors (Lipinski definition) is 0. The van der Waals surface area contributed by atoms with Crippen LogP contribution in [0.2, 0.25) is 5.02 Å². The number of nitrogens with zero attached hydrogens (tertiary/aromatic N) is 2. The molecular weight excluding hydrogens is 304 g/mol. The number of fused-ring (bicyclic) bond motifs is 3. The molecule has 2 nitrogen and oxygen atoms in total. The summed E-state index contributed by atoms with van der Waals surface area (Å²) in [5, 5.41) is 2.24. The highest BCUT2D eigenvalue weighted by Gasteiger charge is 2.23. The van der Waals surface area contributed by atoms with E-state index >= 15 is 0 Å². The molecule has 1 aromatic carbocycles. The lowest BCUT2D eigenvalue weighted by Gasteiger charge is -2.25. The molecule has 3 heteroatoms. The fraction of sp³-hybridized carbons (Fsp3) is 0.600. The topological polar surface area (TPSA) is 8.17 Å². The Hall–Kier alpha value is -0.990. The van der Waals surface area contributed by atoms with Crippen molar-refractivity contribution in [2.24, 2.45) is 5.92 Å². The molecule has 0 N–H and O–H groups in total. The lowest BCUT2D eigenvalue weighted by Crippen LogP contribution is -2.27. The van der Waals surface area contributed by atoms with E-state index in [1.807, 2.05) is 0 Å². The maximum Gasteiger partial charge on any atom is 0.0486 e. The van der Waals surface area contributed by atoms with Crippen LogP contribution in [-0.4, -0.2) is 23.1 Å². The zero-order chi connectivity index (χ0) is 15.8. The largest absolute Gasteiger partial charge is 0.344 e. The summed E-state index contributed by atoms with van der Waals surface area (Å²) in [4.78, 5) is 2.42. The fourth-order valence-electron chi connectivity index (χ4n) is 4.60. The lowest BCUT2D eigenvalue weighted by molar-refractivity contribution is 0.302. The van der Waals surface area contributed by atoms with Crippen molar-refractivity contribution in [3.05, 3.63) is 34.5 Å². The summed E-state index contributed by atoms with van der Waals surface area (Å²) in [5.74, 6) is 0.940. The molecule has 2 heterocycles. The summed E-state index contributed by atoms with van der Waals surface area (Å²) in [6, 6.07) is 6.46. The van der Waals surface area contributed by atoms with Crippen LogP contribution in [0.1, 0.15) is 49.8 Å². The van der Waals surface area contributed by atoms with E-state index in [1.54, 1.807) is 5.69 Å². The van der Waals surface area contributed by atoms with Gasteiger partial charge in [0.15, 0.2) is 0 Å². The van der Waals surface area contributed by atoms with Crippen molar-refractivity contribution in [2.75, 3.05) is 13.6 Å². The monoisotopic (exact) mass is 330 g/mol. The molecule has 1 aliphatic carbocycles. The second-order valence-corrected chi connectivity index (χ2v) is 7.96. The smallest absolute Gasteiger partial charge is 0.0486 e. The highest BCUT2D eigenvalue weighted by Crippen LogP contribution is 2.34. The van der Waals surface area contributed by atoms with Crippen LogP contribution < -0.4 is 0 Å². The molecule has 0 spiro atoms. The summed E-state index contributed by atoms with van der Waals surface area (Å²) in [6.45, 7) is 3.41. The van der Waals surface area contributed by atoms with Gasteiger partial charge in [-0.1, -0.05) is 43.7 Å². The van der Waals surface area contributed by atoms with Crippen molar-refractivity contribution >= 4 is 22.5 Å². The van der Waals surface area contributed by atoms with Crippen molar-refractivity contribution < 1.29 is 0 Å². The Labute approximate surface area is 144 Å². The van der Waals surface area contributed by atoms with Gasteiger partial charge in [0.2, 0.25) is 0 Å². The number of rotatable bonds is 3. The Bertz CT molecular complexity index is 697. The highest BCUT2D eigenvalue weighted by atomic mass is 35.5. The zero-order valence-electron chi connectivity index (χ0n) is 14.2. The number of halogens is 1. The van der Waals surface area contributed by atoms with E-state index in [2.05, 4.69) is 34.7 Å². The van der Waals surface area contributed by atoms with Gasteiger partial charge in [0.25, 0.3) is 0 Å². The fourth-order valence-corrected chi connectivity index (χ4v) is 4.77. The first-order valence-corrected chi connectivity index (χ1v) is 9.58. The summed E-state index contributed by atoms with van der Waals surface area (Å²) in [5.41, 5.74) is 4.47. The van der Waals surface area contributed by atoms with Gasteiger partial charge in [-0.25, -0.2) is 0 Å². The average molecular weight is 331 g/mol. The second kappa shape index (κ2) is 6.49. The summed E-state index contributed by atoms with van der Waals surface area (Å²) >= 11 is 6.28. The number of likely N-dealkylation sites (N-methyl/N-ethyl adjacent to an activating group) is 1. The molecule has 23 heavy (non-hydrogen) atoms. The van der Waals surface area contributed by atoms with E-state index in [1.165, 1.54) is 74.5 Å². The Morgan fingerprint density at radius 1 is 1.17 bits per heavy atom. The van der Waals surface area contributed by atoms with Gasteiger partial charge in [-0.3, -0.25) is 0 Å². The molecule has 1 fully saturated rings. The molecule has 0 atom stereocenters. The summed E-state index contributed by atoms with van der Waals surface area (Å²) < 4.78 is 2.61. The molecule has 0 amide bonds. The Morgan fingerprint density at radius 3 is 2.83 bits per heavy atom. The van der Waals surface area contributed by atoms with Gasteiger partial charge >= 0.3 is 0 Å². The minimum atomic E-state index is 0.859. The van der Waals surface area contributed by atoms with Gasteiger partial charge in [-0.2, -0.15) is 0 Å². The van der Waals surface area contributed by atoms with E-state index in [9.17, 15) is 0 Å². The van der Waals surface area contributed by atoms with E-state index in [0.29, 0.717) is 0 Å². The molecule has 4 rings (SSSR count). The van der Waals surface area contributed by atoms with Crippen LogP contribution in [0.4, 0.5) is 0 Å². The zero-order valence-corrected chi connectivity index (χ0v) is 14.9. The van der Waals surface area contributed by atoms with Crippen molar-refractivity contribution in [1.29, 1.82) is 0 Å². The first-order chi connectivity index (χ1) is 11.2. The minimum absolute atomic E-state index is 0.859. The molecule has 0 saturated heterocycles. The first-order valence-electron chi connectivity index (χ1n) is 9.20. The molecule has 1 saturated carbocycles. The van der Waals surface area contributed by atoms with Gasteiger partial charge < -0.3 is 9.47 Å². The van der Waals surface area contributed by atoms with Gasteiger partial charge in [-0.05, 0) is 43.1 Å². The van der Waals surface area contributed by atoms with Crippen LogP contribution in [0.25, 0.3) is 10.9 Å². The van der Waals surface area contributed by atoms with Crippen LogP contribution in [0.3, 0.4) is 0 Å². The summed E-state index contributed by atoms with van der Waals surface area (Å²) in [7, 11) is 2.22. The third-order valence-corrected chi connectivity index (χ3v) is 6.13. The molecule has 0 radical (unpaired) electrons. The third-order valence-electron chi connectivity index (χ3n) is 5.89. The molecule has 124 valence electrons. The van der Waals surface area contributed by atoms with Crippen LogP contribution in [0.15, 0.2) is 18.2 Å². The van der Waals surface area contributed by atoms with E-state index in [-0.39, 0.29) is 0 Å². The number of aryl methyl sites for hydroxylation is 1. The maximum absolute atomic E-state index is 6.28. The molecule has 2 aliphatic rings. The van der Waals surface area contributed by atoms with Crippen LogP contribution in [-0.2, 0) is 19.5 Å². The third kappa shape index (κ3) is 3.04. The van der Waals surface area contributed by atoms with E-state index in [0.717, 1.165) is 17.5 Å². The SMILES string of the molecule is CN1CCc2c(c3cc(Cl)ccc3n2CCC2CCCCC2)C1. The Kier molecular flexibility index (Phi) is 4.38. The molecular formula is C20H27ClN2. The van der Waals surface area contributed by atoms with Crippen LogP contribution in [0.5, 0.6) is 0 Å². The van der Waals surface area contributed by atoms with Crippen molar-refractivity contribution in [2.45, 2.75) is 58.0 Å². The maximum atomic E-state index is 6.28. The molecule has 1 aromatic heterocycles. The lowest BCUT2D eigenvalue weighted by atomic mass is 9.87. The Balaban J connectivity index is 1.67. The average Bonchev–Trinajstić information content (AvgIpc) is 2.86. The van der Waals surface area contributed by atoms with Gasteiger partial charge in [0.05, 0.1) is 0 Å². The second-order valence-electron chi connectivity index (χ2n) is 7.52. The van der Waals surface area contributed by atoms with Gasteiger partial charge in [0.1, 0.15) is 0 Å². The molecule has 0 unspecified atom stereocenters. The first kappa shape index (κ1) is 15.5. The van der Waals surface area contributed by atoms with Crippen molar-refractivity contribution in [1.82, 2.24) is 9.47 Å². The predicted molar refractivity (Wildman–Crippen MR) is 98.2 cm³/mol. The summed E-state index contributed by atoms with van der Waals surface area (Å²) in [6.07, 6.45) is 9.72. The van der Waals surface area contributed by atoms with Crippen molar-refractivity contribution in [3.63, 3.8) is 0 Å². The van der Waals surface area contributed by atoms with Crippen molar-refractivity contribution in [3.8, 4) is 0 Å². The Morgan fingerprint density at radius 2 is 2.00 bits per heavy atom. The highest BCUT2D eigenvalue weighted by molar-refractivity contribution is 6.31. The quantitative estimate of drug-likeness (QED) is 0.746. The number of benzene rings is 1. The van der Waals surface area contributed by atoms with Gasteiger partial charge in [-0.15, -0.1) is 0 Å². The minimum Gasteiger partial charge on any atom is -0.344 e. The van der Waals surface area contributed by atoms with E-state index < -0.39 is 0 Å². The van der Waals surface area contributed by atoms with Crippen LogP contribution >= 0.6 is 11.6 Å². The van der Waals surface area contributed by atoms with E-state index in [4.69, 9.17) is 11.6 Å². The van der Waals surface area contributed by atoms with Crippen LogP contribution in [0, 0.1) is 5.92 Å². The normalized spacial score (nSPS) is 20.1.